The van der Waals surface area contributed by atoms with E-state index >= 15 is 0 Å². The molecule has 0 atom stereocenters. The van der Waals surface area contributed by atoms with Gasteiger partial charge < -0.3 is 14.6 Å². The molecule has 180 valence electrons. The third-order valence-corrected chi connectivity index (χ3v) is 5.47. The van der Waals surface area contributed by atoms with E-state index in [2.05, 4.69) is 83.6 Å². The summed E-state index contributed by atoms with van der Waals surface area (Å²) in [5.74, 6) is 2.23. The number of aryl methyl sites for hydroxylation is 1. The molecular weight excluding hydrogens is 527 g/mol. The fourth-order valence-electron chi connectivity index (χ4n) is 3.95. The highest BCUT2D eigenvalue weighted by Crippen LogP contribution is 2.19. The monoisotopic (exact) mass is 564 g/mol. The van der Waals surface area contributed by atoms with Gasteiger partial charge in [0.15, 0.2) is 5.96 Å². The molecule has 0 aliphatic carbocycles. The Bertz CT molecular complexity index is 1010. The lowest BCUT2D eigenvalue weighted by Gasteiger charge is -2.23. The van der Waals surface area contributed by atoms with Gasteiger partial charge in [-0.3, -0.25) is 14.6 Å². The number of rotatable bonds is 9. The Morgan fingerprint density at radius 1 is 1.06 bits per heavy atom. The van der Waals surface area contributed by atoms with E-state index in [1.165, 1.54) is 16.7 Å². The first-order chi connectivity index (χ1) is 15.4. The Balaban J connectivity index is 0.00000385. The molecule has 0 amide bonds. The number of aromatic nitrogens is 2. The molecule has 0 aliphatic rings. The lowest BCUT2D eigenvalue weighted by molar-refractivity contribution is 0.287. The van der Waals surface area contributed by atoms with Crippen molar-refractivity contribution in [3.8, 4) is 0 Å². The van der Waals surface area contributed by atoms with Crippen LogP contribution in [0.4, 0.5) is 0 Å². The van der Waals surface area contributed by atoms with Crippen LogP contribution in [0.15, 0.2) is 58.3 Å². The van der Waals surface area contributed by atoms with Gasteiger partial charge in [0, 0.05) is 52.5 Å². The van der Waals surface area contributed by atoms with Gasteiger partial charge in [0.05, 0.1) is 18.5 Å². The van der Waals surface area contributed by atoms with Crippen LogP contribution in [-0.4, -0.2) is 46.7 Å². The smallest absolute Gasteiger partial charge is 0.193 e. The summed E-state index contributed by atoms with van der Waals surface area (Å²) >= 11 is 0. The highest BCUT2D eigenvalue weighted by atomic mass is 127. The van der Waals surface area contributed by atoms with Gasteiger partial charge >= 0.3 is 0 Å². The molecule has 0 bridgehead atoms. The van der Waals surface area contributed by atoms with Crippen molar-refractivity contribution in [2.45, 2.75) is 45.9 Å². The van der Waals surface area contributed by atoms with E-state index in [1.54, 1.807) is 6.26 Å². The first-order valence-corrected chi connectivity index (χ1v) is 11.1. The molecule has 33 heavy (non-hydrogen) atoms. The maximum absolute atomic E-state index is 5.48. The van der Waals surface area contributed by atoms with Crippen LogP contribution < -0.4 is 5.32 Å². The number of hydrogen-bond donors (Lipinski definition) is 1. The topological polar surface area (TPSA) is 61.8 Å². The Hall–Kier alpha value is -2.33. The number of nitrogens with zero attached hydrogens (tertiary/aromatic N) is 5. The first-order valence-electron chi connectivity index (χ1n) is 11.1. The second-order valence-corrected chi connectivity index (χ2v) is 8.65. The van der Waals surface area contributed by atoms with Gasteiger partial charge in [-0.2, -0.15) is 5.10 Å². The fourth-order valence-corrected chi connectivity index (χ4v) is 3.95. The highest BCUT2D eigenvalue weighted by molar-refractivity contribution is 14.0. The van der Waals surface area contributed by atoms with E-state index < -0.39 is 0 Å². The molecule has 1 N–H and O–H groups in total. The lowest BCUT2D eigenvalue weighted by Crippen LogP contribution is -2.38. The highest BCUT2D eigenvalue weighted by Gasteiger charge is 2.15. The van der Waals surface area contributed by atoms with Crippen molar-refractivity contribution in [3.63, 3.8) is 0 Å². The Morgan fingerprint density at radius 3 is 2.42 bits per heavy atom. The van der Waals surface area contributed by atoms with Gasteiger partial charge in [-0.15, -0.1) is 24.0 Å². The van der Waals surface area contributed by atoms with E-state index in [-0.39, 0.29) is 24.0 Å². The molecule has 0 radical (unpaired) electrons. The number of nitrogens with one attached hydrogen (secondary N) is 1. The van der Waals surface area contributed by atoms with Crippen molar-refractivity contribution in [2.24, 2.45) is 12.0 Å². The summed E-state index contributed by atoms with van der Waals surface area (Å²) in [6.45, 7) is 7.46. The number of aliphatic imine (C=N–C) groups is 1. The fraction of sp³-hybridized carbons (Fsp3) is 0.440. The van der Waals surface area contributed by atoms with Gasteiger partial charge in [0.25, 0.3) is 0 Å². The minimum Gasteiger partial charge on any atom is -0.468 e. The van der Waals surface area contributed by atoms with E-state index in [4.69, 9.17) is 4.42 Å². The molecule has 3 rings (SSSR count). The van der Waals surface area contributed by atoms with Crippen LogP contribution in [0, 0.1) is 0 Å². The Kier molecular flexibility index (Phi) is 10.4. The Labute approximate surface area is 214 Å². The van der Waals surface area contributed by atoms with Crippen LogP contribution in [0.2, 0.25) is 0 Å². The molecule has 0 spiro atoms. The summed E-state index contributed by atoms with van der Waals surface area (Å²) in [6, 6.07) is 12.5. The van der Waals surface area contributed by atoms with Gasteiger partial charge in [0.2, 0.25) is 0 Å². The Morgan fingerprint density at radius 2 is 1.79 bits per heavy atom. The zero-order valence-corrected chi connectivity index (χ0v) is 22.9. The van der Waals surface area contributed by atoms with Gasteiger partial charge in [-0.05, 0) is 36.2 Å². The molecule has 1 aromatic carbocycles. The van der Waals surface area contributed by atoms with Gasteiger partial charge in [0.1, 0.15) is 5.76 Å². The molecule has 0 aliphatic heterocycles. The SMILES string of the molecule is CN=C(NCc1ccccc1CN(C)Cc1ccco1)N(C)Cc1cn(C)nc1C(C)C.I. The number of furan rings is 1. The van der Waals surface area contributed by atoms with E-state index in [9.17, 15) is 0 Å². The number of hydrogen-bond acceptors (Lipinski definition) is 4. The second-order valence-electron chi connectivity index (χ2n) is 8.65. The van der Waals surface area contributed by atoms with Gasteiger partial charge in [-0.25, -0.2) is 0 Å². The van der Waals surface area contributed by atoms with Crippen LogP contribution in [0.25, 0.3) is 0 Å². The van der Waals surface area contributed by atoms with Crippen LogP contribution in [-0.2, 0) is 33.2 Å². The van der Waals surface area contributed by atoms with Gasteiger partial charge in [-0.1, -0.05) is 38.1 Å². The van der Waals surface area contributed by atoms with E-state index in [1.807, 2.05) is 30.9 Å². The molecule has 0 saturated heterocycles. The van der Waals surface area contributed by atoms with Crippen molar-refractivity contribution in [3.05, 3.63) is 77.0 Å². The molecule has 0 fully saturated rings. The van der Waals surface area contributed by atoms with E-state index in [0.29, 0.717) is 12.5 Å². The molecular formula is C25H37IN6O. The predicted octanol–water partition coefficient (Wildman–Crippen LogP) is 4.59. The standard InChI is InChI=1S/C25H36N6O.HI/c1-19(2)24-22(17-31(6)28-24)16-30(5)25(26-3)27-14-20-10-7-8-11-21(20)15-29(4)18-23-12-9-13-32-23;/h7-13,17,19H,14-16,18H2,1-6H3,(H,26,27);1H. The zero-order valence-electron chi connectivity index (χ0n) is 20.6. The van der Waals surface area contributed by atoms with Crippen LogP contribution >= 0.6 is 24.0 Å². The van der Waals surface area contributed by atoms with Crippen LogP contribution in [0.3, 0.4) is 0 Å². The summed E-state index contributed by atoms with van der Waals surface area (Å²) in [5, 5.41) is 8.16. The van der Waals surface area contributed by atoms with Crippen molar-refractivity contribution in [2.75, 3.05) is 21.1 Å². The maximum atomic E-state index is 5.48. The molecule has 8 heteroatoms. The third kappa shape index (κ3) is 7.60. The zero-order chi connectivity index (χ0) is 23.1. The van der Waals surface area contributed by atoms with E-state index in [0.717, 1.165) is 37.0 Å². The lowest BCUT2D eigenvalue weighted by atomic mass is 10.1. The normalized spacial score (nSPS) is 11.7. The quantitative estimate of drug-likeness (QED) is 0.234. The third-order valence-electron chi connectivity index (χ3n) is 5.47. The summed E-state index contributed by atoms with van der Waals surface area (Å²) in [7, 11) is 7.98. The summed E-state index contributed by atoms with van der Waals surface area (Å²) in [6.07, 6.45) is 3.82. The number of halogens is 1. The van der Waals surface area contributed by atoms with Crippen molar-refractivity contribution in [1.82, 2.24) is 24.9 Å². The van der Waals surface area contributed by atoms with Crippen molar-refractivity contribution < 1.29 is 4.42 Å². The number of guanidine groups is 1. The molecule has 0 saturated carbocycles. The summed E-state index contributed by atoms with van der Waals surface area (Å²) in [5.41, 5.74) is 4.92. The molecule has 3 aromatic rings. The molecule has 7 nitrogen and oxygen atoms in total. The maximum Gasteiger partial charge on any atom is 0.193 e. The molecule has 0 unspecified atom stereocenters. The average Bonchev–Trinajstić information content (AvgIpc) is 3.39. The second kappa shape index (κ2) is 12.8. The molecule has 2 heterocycles. The van der Waals surface area contributed by atoms with Crippen molar-refractivity contribution in [1.29, 1.82) is 0 Å². The summed E-state index contributed by atoms with van der Waals surface area (Å²) in [4.78, 5) is 8.91. The first kappa shape index (κ1) is 26.9. The average molecular weight is 565 g/mol. The molecule has 2 aromatic heterocycles. The largest absolute Gasteiger partial charge is 0.468 e. The van der Waals surface area contributed by atoms with Crippen LogP contribution in [0.1, 0.15) is 47.9 Å². The van der Waals surface area contributed by atoms with Crippen LogP contribution in [0.5, 0.6) is 0 Å². The number of benzene rings is 1. The minimum absolute atomic E-state index is 0. The summed E-state index contributed by atoms with van der Waals surface area (Å²) < 4.78 is 7.38. The predicted molar refractivity (Wildman–Crippen MR) is 145 cm³/mol. The minimum atomic E-state index is 0. The van der Waals surface area contributed by atoms with Crippen molar-refractivity contribution >= 4 is 29.9 Å².